The van der Waals surface area contributed by atoms with Crippen molar-refractivity contribution < 1.29 is 13.9 Å². The van der Waals surface area contributed by atoms with Crippen molar-refractivity contribution >= 4 is 5.91 Å². The standard InChI is InChI=1S/C10H14N2O3/c1-7-9(15-8(2)11-7)10(13)12-3-5-14-6-4-12/h3-6H2,1-2H3. The van der Waals surface area contributed by atoms with Crippen LogP contribution in [-0.2, 0) is 4.74 Å². The highest BCUT2D eigenvalue weighted by Gasteiger charge is 2.23. The maximum atomic E-state index is 12.0. The van der Waals surface area contributed by atoms with E-state index in [1.54, 1.807) is 18.7 Å². The highest BCUT2D eigenvalue weighted by Crippen LogP contribution is 2.13. The second kappa shape index (κ2) is 4.02. The maximum Gasteiger partial charge on any atom is 0.291 e. The van der Waals surface area contributed by atoms with Crippen LogP contribution >= 0.6 is 0 Å². The molecule has 0 bridgehead atoms. The van der Waals surface area contributed by atoms with Crippen molar-refractivity contribution in [3.63, 3.8) is 0 Å². The number of hydrogen-bond acceptors (Lipinski definition) is 4. The van der Waals surface area contributed by atoms with Gasteiger partial charge in [-0.15, -0.1) is 0 Å². The van der Waals surface area contributed by atoms with Gasteiger partial charge in [-0.05, 0) is 6.92 Å². The first kappa shape index (κ1) is 10.2. The lowest BCUT2D eigenvalue weighted by Gasteiger charge is -2.25. The quantitative estimate of drug-likeness (QED) is 0.686. The minimum atomic E-state index is -0.0867. The van der Waals surface area contributed by atoms with Crippen LogP contribution in [0.15, 0.2) is 4.42 Å². The Kier molecular flexibility index (Phi) is 2.73. The van der Waals surface area contributed by atoms with E-state index in [0.29, 0.717) is 43.6 Å². The Labute approximate surface area is 88.0 Å². The van der Waals surface area contributed by atoms with Gasteiger partial charge in [0, 0.05) is 20.0 Å². The largest absolute Gasteiger partial charge is 0.436 e. The van der Waals surface area contributed by atoms with Crippen LogP contribution in [0, 0.1) is 13.8 Å². The lowest BCUT2D eigenvalue weighted by Crippen LogP contribution is -2.40. The first-order chi connectivity index (χ1) is 7.18. The number of amides is 1. The van der Waals surface area contributed by atoms with Crippen molar-refractivity contribution in [1.82, 2.24) is 9.88 Å². The van der Waals surface area contributed by atoms with E-state index < -0.39 is 0 Å². The number of carbonyl (C=O) groups excluding carboxylic acids is 1. The molecule has 0 N–H and O–H groups in total. The lowest BCUT2D eigenvalue weighted by molar-refractivity contribution is 0.0281. The first-order valence-electron chi connectivity index (χ1n) is 4.99. The predicted molar refractivity (Wildman–Crippen MR) is 52.7 cm³/mol. The lowest BCUT2D eigenvalue weighted by atomic mass is 10.3. The number of rotatable bonds is 1. The zero-order chi connectivity index (χ0) is 10.8. The Morgan fingerprint density at radius 1 is 1.33 bits per heavy atom. The molecular weight excluding hydrogens is 196 g/mol. The summed E-state index contributed by atoms with van der Waals surface area (Å²) < 4.78 is 10.5. The third kappa shape index (κ3) is 2.02. The van der Waals surface area contributed by atoms with E-state index in [1.807, 2.05) is 0 Å². The summed E-state index contributed by atoms with van der Waals surface area (Å²) in [5.74, 6) is 0.801. The fourth-order valence-corrected chi connectivity index (χ4v) is 1.64. The van der Waals surface area contributed by atoms with Gasteiger partial charge in [0.2, 0.25) is 5.76 Å². The Morgan fingerprint density at radius 3 is 2.53 bits per heavy atom. The van der Waals surface area contributed by atoms with Crippen molar-refractivity contribution in [2.24, 2.45) is 0 Å². The number of oxazole rings is 1. The number of nitrogens with zero attached hydrogens (tertiary/aromatic N) is 2. The number of morpholine rings is 1. The van der Waals surface area contributed by atoms with Gasteiger partial charge in [-0.1, -0.05) is 0 Å². The van der Waals surface area contributed by atoms with Gasteiger partial charge in [-0.3, -0.25) is 4.79 Å². The van der Waals surface area contributed by atoms with Gasteiger partial charge in [0.05, 0.1) is 18.9 Å². The Balaban J connectivity index is 2.16. The predicted octanol–water partition coefficient (Wildman–Crippen LogP) is 0.764. The minimum Gasteiger partial charge on any atom is -0.436 e. The molecule has 2 rings (SSSR count). The molecule has 0 atom stereocenters. The van der Waals surface area contributed by atoms with E-state index in [0.717, 1.165) is 0 Å². The van der Waals surface area contributed by atoms with Gasteiger partial charge >= 0.3 is 0 Å². The van der Waals surface area contributed by atoms with Crippen molar-refractivity contribution in [1.29, 1.82) is 0 Å². The minimum absolute atomic E-state index is 0.0867. The normalized spacial score (nSPS) is 16.8. The average Bonchev–Trinajstić information content (AvgIpc) is 2.58. The van der Waals surface area contributed by atoms with Crippen molar-refractivity contribution in [3.05, 3.63) is 17.3 Å². The summed E-state index contributed by atoms with van der Waals surface area (Å²) in [5, 5.41) is 0. The van der Waals surface area contributed by atoms with E-state index in [1.165, 1.54) is 0 Å². The molecule has 5 nitrogen and oxygen atoms in total. The fraction of sp³-hybridized carbons (Fsp3) is 0.600. The number of aryl methyl sites for hydroxylation is 2. The summed E-state index contributed by atoms with van der Waals surface area (Å²) >= 11 is 0. The molecule has 1 aromatic rings. The topological polar surface area (TPSA) is 55.6 Å². The van der Waals surface area contributed by atoms with Gasteiger partial charge < -0.3 is 14.1 Å². The van der Waals surface area contributed by atoms with Crippen molar-refractivity contribution in [3.8, 4) is 0 Å². The summed E-state index contributed by atoms with van der Waals surface area (Å²) in [6, 6.07) is 0. The summed E-state index contributed by atoms with van der Waals surface area (Å²) in [5.41, 5.74) is 0.656. The molecule has 0 unspecified atom stereocenters. The summed E-state index contributed by atoms with van der Waals surface area (Å²) in [6.45, 7) is 5.96. The van der Waals surface area contributed by atoms with Crippen LogP contribution in [0.1, 0.15) is 22.1 Å². The van der Waals surface area contributed by atoms with Crippen LogP contribution < -0.4 is 0 Å². The molecular formula is C10H14N2O3. The van der Waals surface area contributed by atoms with Crippen LogP contribution in [0.4, 0.5) is 0 Å². The number of hydrogen-bond donors (Lipinski definition) is 0. The van der Waals surface area contributed by atoms with Crippen molar-refractivity contribution in [2.45, 2.75) is 13.8 Å². The Morgan fingerprint density at radius 2 is 2.00 bits per heavy atom. The number of aromatic nitrogens is 1. The summed E-state index contributed by atoms with van der Waals surface area (Å²) in [6.07, 6.45) is 0. The molecule has 2 heterocycles. The third-order valence-corrected chi connectivity index (χ3v) is 2.40. The molecule has 1 aliphatic heterocycles. The zero-order valence-electron chi connectivity index (χ0n) is 8.95. The van der Waals surface area contributed by atoms with Crippen molar-refractivity contribution in [2.75, 3.05) is 26.3 Å². The zero-order valence-corrected chi connectivity index (χ0v) is 8.95. The van der Waals surface area contributed by atoms with Gasteiger partial charge in [-0.25, -0.2) is 4.98 Å². The van der Waals surface area contributed by atoms with Gasteiger partial charge in [-0.2, -0.15) is 0 Å². The van der Waals surface area contributed by atoms with Gasteiger partial charge in [0.1, 0.15) is 0 Å². The molecule has 1 aliphatic rings. The van der Waals surface area contributed by atoms with E-state index in [9.17, 15) is 4.79 Å². The highest BCUT2D eigenvalue weighted by molar-refractivity contribution is 5.92. The first-order valence-corrected chi connectivity index (χ1v) is 4.99. The molecule has 5 heteroatoms. The molecule has 1 aromatic heterocycles. The van der Waals surface area contributed by atoms with E-state index in [2.05, 4.69) is 4.98 Å². The molecule has 1 fully saturated rings. The fourth-order valence-electron chi connectivity index (χ4n) is 1.64. The van der Waals surface area contributed by atoms with Crippen LogP contribution in [0.2, 0.25) is 0 Å². The molecule has 82 valence electrons. The highest BCUT2D eigenvalue weighted by atomic mass is 16.5. The maximum absolute atomic E-state index is 12.0. The third-order valence-electron chi connectivity index (χ3n) is 2.40. The molecule has 0 saturated carbocycles. The molecule has 0 radical (unpaired) electrons. The van der Waals surface area contributed by atoms with Gasteiger partial charge in [0.15, 0.2) is 5.89 Å². The molecule has 1 saturated heterocycles. The number of ether oxygens (including phenoxy) is 1. The molecule has 0 aromatic carbocycles. The van der Waals surface area contributed by atoms with Gasteiger partial charge in [0.25, 0.3) is 5.91 Å². The molecule has 0 spiro atoms. The number of carbonyl (C=O) groups is 1. The molecule has 15 heavy (non-hydrogen) atoms. The average molecular weight is 210 g/mol. The van der Waals surface area contributed by atoms with E-state index in [4.69, 9.17) is 9.15 Å². The van der Waals surface area contributed by atoms with Crippen LogP contribution in [0.3, 0.4) is 0 Å². The summed E-state index contributed by atoms with van der Waals surface area (Å²) in [4.78, 5) is 17.8. The second-order valence-electron chi connectivity index (χ2n) is 3.55. The van der Waals surface area contributed by atoms with E-state index >= 15 is 0 Å². The van der Waals surface area contributed by atoms with Crippen LogP contribution in [-0.4, -0.2) is 42.1 Å². The van der Waals surface area contributed by atoms with Crippen LogP contribution in [0.25, 0.3) is 0 Å². The smallest absolute Gasteiger partial charge is 0.291 e. The second-order valence-corrected chi connectivity index (χ2v) is 3.55. The monoisotopic (exact) mass is 210 g/mol. The Hall–Kier alpha value is -1.36. The molecule has 1 amide bonds. The summed E-state index contributed by atoms with van der Waals surface area (Å²) in [7, 11) is 0. The van der Waals surface area contributed by atoms with Crippen LogP contribution in [0.5, 0.6) is 0 Å². The SMILES string of the molecule is Cc1nc(C)c(C(=O)N2CCOCC2)o1. The Bertz CT molecular complexity index is 367. The molecule has 0 aliphatic carbocycles. The van der Waals surface area contributed by atoms with E-state index in [-0.39, 0.29) is 5.91 Å².